The summed E-state index contributed by atoms with van der Waals surface area (Å²) in [5.74, 6) is -1.29. The number of carbonyl (C=O) groups is 3. The van der Waals surface area contributed by atoms with E-state index < -0.39 is 17.9 Å². The smallest absolute Gasteiger partial charge is 0.269 e. The predicted octanol–water partition coefficient (Wildman–Crippen LogP) is 0.674. The second kappa shape index (κ2) is 8.17. The van der Waals surface area contributed by atoms with E-state index in [-0.39, 0.29) is 11.8 Å². The minimum atomic E-state index is -0.707. The van der Waals surface area contributed by atoms with Crippen LogP contribution >= 0.6 is 0 Å². The van der Waals surface area contributed by atoms with Crippen molar-refractivity contribution in [3.8, 4) is 0 Å². The molecule has 0 aliphatic rings. The average molecular weight is 320 g/mol. The predicted molar refractivity (Wildman–Crippen MR) is 88.8 cm³/mol. The van der Waals surface area contributed by atoms with Crippen LogP contribution in [-0.2, 0) is 9.59 Å². The van der Waals surface area contributed by atoms with Gasteiger partial charge in [0.1, 0.15) is 6.04 Å². The topological polar surface area (TPSA) is 90.5 Å². The fourth-order valence-corrected chi connectivity index (χ4v) is 1.95. The van der Waals surface area contributed by atoms with E-state index in [4.69, 9.17) is 0 Å². The number of rotatable bonds is 5. The number of anilines is 1. The Kier molecular flexibility index (Phi) is 6.56. The monoisotopic (exact) mass is 320 g/mol. The summed E-state index contributed by atoms with van der Waals surface area (Å²) in [6.07, 6.45) is 0. The zero-order chi connectivity index (χ0) is 17.6. The average Bonchev–Trinajstić information content (AvgIpc) is 2.49. The van der Waals surface area contributed by atoms with Gasteiger partial charge in [-0.1, -0.05) is 19.9 Å². The van der Waals surface area contributed by atoms with Crippen LogP contribution < -0.4 is 21.1 Å². The Bertz CT molecular complexity index is 584. The van der Waals surface area contributed by atoms with E-state index in [9.17, 15) is 14.4 Å². The highest BCUT2D eigenvalue weighted by Gasteiger charge is 2.23. The van der Waals surface area contributed by atoms with E-state index in [2.05, 4.69) is 16.2 Å². The van der Waals surface area contributed by atoms with Crippen LogP contribution in [0.15, 0.2) is 24.3 Å². The Morgan fingerprint density at radius 1 is 1.09 bits per heavy atom. The van der Waals surface area contributed by atoms with Crippen molar-refractivity contribution in [3.63, 3.8) is 0 Å². The van der Waals surface area contributed by atoms with Crippen LogP contribution in [0.2, 0.25) is 0 Å². The van der Waals surface area contributed by atoms with Gasteiger partial charge in [-0.2, -0.15) is 0 Å². The van der Waals surface area contributed by atoms with Crippen molar-refractivity contribution in [2.75, 3.05) is 19.0 Å². The molecule has 0 aliphatic heterocycles. The number of hydrazine groups is 1. The lowest BCUT2D eigenvalue weighted by atomic mass is 10.0. The molecule has 3 amide bonds. The first kappa shape index (κ1) is 18.5. The summed E-state index contributed by atoms with van der Waals surface area (Å²) in [6, 6.07) is 6.31. The van der Waals surface area contributed by atoms with Crippen LogP contribution in [0.25, 0.3) is 0 Å². The maximum absolute atomic E-state index is 12.1. The van der Waals surface area contributed by atoms with E-state index in [0.29, 0.717) is 5.56 Å². The van der Waals surface area contributed by atoms with Crippen LogP contribution in [0.4, 0.5) is 5.69 Å². The molecule has 7 nitrogen and oxygen atoms in total. The molecule has 0 aliphatic carbocycles. The van der Waals surface area contributed by atoms with E-state index in [1.165, 1.54) is 6.92 Å². The molecule has 0 saturated heterocycles. The number of amides is 3. The second-order valence-electron chi connectivity index (χ2n) is 5.81. The lowest BCUT2D eigenvalue weighted by molar-refractivity contribution is -0.129. The summed E-state index contributed by atoms with van der Waals surface area (Å²) in [6.45, 7) is 4.96. The van der Waals surface area contributed by atoms with Crippen molar-refractivity contribution in [1.29, 1.82) is 0 Å². The molecule has 1 atom stereocenters. The third-order valence-electron chi connectivity index (χ3n) is 3.23. The molecule has 0 radical (unpaired) electrons. The van der Waals surface area contributed by atoms with Crippen molar-refractivity contribution in [2.45, 2.75) is 26.8 Å². The first-order valence-electron chi connectivity index (χ1n) is 7.37. The molecule has 0 fully saturated rings. The van der Waals surface area contributed by atoms with Crippen molar-refractivity contribution in [3.05, 3.63) is 29.8 Å². The summed E-state index contributed by atoms with van der Waals surface area (Å²) in [7, 11) is 3.75. The van der Waals surface area contributed by atoms with Crippen molar-refractivity contribution < 1.29 is 14.4 Å². The quantitative estimate of drug-likeness (QED) is 0.696. The summed E-state index contributed by atoms with van der Waals surface area (Å²) in [5.41, 5.74) is 6.02. The third kappa shape index (κ3) is 5.61. The molecular formula is C16H24N4O3. The lowest BCUT2D eigenvalue weighted by Gasteiger charge is -2.21. The molecule has 7 heteroatoms. The van der Waals surface area contributed by atoms with E-state index in [0.717, 1.165) is 5.69 Å². The maximum atomic E-state index is 12.1. The number of hydrogen-bond donors (Lipinski definition) is 3. The van der Waals surface area contributed by atoms with Crippen LogP contribution in [0.1, 0.15) is 31.1 Å². The maximum Gasteiger partial charge on any atom is 0.269 e. The fourth-order valence-electron chi connectivity index (χ4n) is 1.95. The van der Waals surface area contributed by atoms with Gasteiger partial charge < -0.3 is 10.2 Å². The molecule has 1 rings (SSSR count). The summed E-state index contributed by atoms with van der Waals surface area (Å²) in [5, 5.41) is 2.56. The summed E-state index contributed by atoms with van der Waals surface area (Å²) < 4.78 is 0. The number of hydrogen-bond acceptors (Lipinski definition) is 4. The normalized spacial score (nSPS) is 11.6. The van der Waals surface area contributed by atoms with Gasteiger partial charge in [0.2, 0.25) is 5.91 Å². The Balaban J connectivity index is 2.69. The van der Waals surface area contributed by atoms with Gasteiger partial charge in [0, 0.05) is 32.3 Å². The molecule has 1 aromatic carbocycles. The molecule has 0 saturated carbocycles. The van der Waals surface area contributed by atoms with Gasteiger partial charge in [0.15, 0.2) is 0 Å². The number of carbonyl (C=O) groups excluding carboxylic acids is 3. The molecule has 0 bridgehead atoms. The van der Waals surface area contributed by atoms with Crippen LogP contribution in [0.3, 0.4) is 0 Å². The van der Waals surface area contributed by atoms with Gasteiger partial charge in [-0.05, 0) is 24.1 Å². The highest BCUT2D eigenvalue weighted by atomic mass is 16.2. The van der Waals surface area contributed by atoms with E-state index >= 15 is 0 Å². The lowest BCUT2D eigenvalue weighted by Crippen LogP contribution is -2.54. The molecule has 1 unspecified atom stereocenters. The highest BCUT2D eigenvalue weighted by Crippen LogP contribution is 2.13. The Morgan fingerprint density at radius 3 is 2.26 bits per heavy atom. The Hall–Kier alpha value is -2.57. The standard InChI is InChI=1S/C16H24N4O3/c1-10(2)14(17-11(3)21)16(23)19-18-15(22)12-7-6-8-13(9-12)20(4)5/h6-10,14H,1-5H3,(H,17,21)(H,18,22)(H,19,23). The van der Waals surface area contributed by atoms with Gasteiger partial charge in [-0.25, -0.2) is 0 Å². The second-order valence-corrected chi connectivity index (χ2v) is 5.81. The first-order valence-corrected chi connectivity index (χ1v) is 7.37. The van der Waals surface area contributed by atoms with Gasteiger partial charge in [-0.15, -0.1) is 0 Å². The van der Waals surface area contributed by atoms with E-state index in [1.807, 2.05) is 38.9 Å². The fraction of sp³-hybridized carbons (Fsp3) is 0.438. The van der Waals surface area contributed by atoms with Gasteiger partial charge in [0.25, 0.3) is 11.8 Å². The Morgan fingerprint density at radius 2 is 1.74 bits per heavy atom. The van der Waals surface area contributed by atoms with Gasteiger partial charge >= 0.3 is 0 Å². The zero-order valence-electron chi connectivity index (χ0n) is 14.1. The van der Waals surface area contributed by atoms with Crippen LogP contribution in [0.5, 0.6) is 0 Å². The SMILES string of the molecule is CC(=O)NC(C(=O)NNC(=O)c1cccc(N(C)C)c1)C(C)C. The molecule has 23 heavy (non-hydrogen) atoms. The number of nitrogens with one attached hydrogen (secondary N) is 3. The molecule has 1 aromatic rings. The molecule has 0 spiro atoms. The van der Waals surface area contributed by atoms with E-state index in [1.54, 1.807) is 18.2 Å². The number of benzene rings is 1. The van der Waals surface area contributed by atoms with Crippen LogP contribution in [0, 0.1) is 5.92 Å². The minimum Gasteiger partial charge on any atom is -0.378 e. The summed E-state index contributed by atoms with van der Waals surface area (Å²) >= 11 is 0. The summed E-state index contributed by atoms with van der Waals surface area (Å²) in [4.78, 5) is 37.2. The minimum absolute atomic E-state index is 0.104. The molecule has 0 heterocycles. The van der Waals surface area contributed by atoms with Gasteiger partial charge in [0.05, 0.1) is 0 Å². The highest BCUT2D eigenvalue weighted by molar-refractivity contribution is 5.97. The molecule has 3 N–H and O–H groups in total. The Labute approximate surface area is 136 Å². The van der Waals surface area contributed by atoms with Gasteiger partial charge in [-0.3, -0.25) is 25.2 Å². The number of nitrogens with zero attached hydrogens (tertiary/aromatic N) is 1. The largest absolute Gasteiger partial charge is 0.378 e. The molecule has 0 aromatic heterocycles. The van der Waals surface area contributed by atoms with Crippen molar-refractivity contribution in [1.82, 2.24) is 16.2 Å². The molecular weight excluding hydrogens is 296 g/mol. The van der Waals surface area contributed by atoms with Crippen molar-refractivity contribution >= 4 is 23.4 Å². The van der Waals surface area contributed by atoms with Crippen molar-refractivity contribution in [2.24, 2.45) is 5.92 Å². The zero-order valence-corrected chi connectivity index (χ0v) is 14.1. The molecule has 126 valence electrons. The first-order chi connectivity index (χ1) is 10.7. The van der Waals surface area contributed by atoms with Crippen LogP contribution in [-0.4, -0.2) is 37.9 Å². The third-order valence-corrected chi connectivity index (χ3v) is 3.23.